The van der Waals surface area contributed by atoms with E-state index in [4.69, 9.17) is 4.74 Å². The van der Waals surface area contributed by atoms with E-state index in [9.17, 15) is 9.90 Å². The van der Waals surface area contributed by atoms with Gasteiger partial charge in [0.2, 0.25) is 5.91 Å². The van der Waals surface area contributed by atoms with Gasteiger partial charge in [-0.1, -0.05) is 12.1 Å². The number of hydrogen-bond acceptors (Lipinski definition) is 4. The number of phenolic OH excluding ortho intramolecular Hbond substituents is 1. The normalized spacial score (nSPS) is 15.7. The van der Waals surface area contributed by atoms with E-state index in [0.29, 0.717) is 24.9 Å². The summed E-state index contributed by atoms with van der Waals surface area (Å²) in [6, 6.07) is 5.45. The second kappa shape index (κ2) is 6.61. The van der Waals surface area contributed by atoms with Crippen molar-refractivity contribution in [2.24, 2.45) is 0 Å². The Hall–Kier alpha value is -1.75. The molecule has 0 saturated heterocycles. The van der Waals surface area contributed by atoms with Crippen molar-refractivity contribution in [2.75, 3.05) is 6.61 Å². The largest absolute Gasteiger partial charge is 0.504 e. The van der Waals surface area contributed by atoms with Gasteiger partial charge in [0, 0.05) is 18.2 Å². The lowest BCUT2D eigenvalue weighted by molar-refractivity contribution is -0.122. The van der Waals surface area contributed by atoms with Crippen LogP contribution in [0, 0.1) is 0 Å². The molecule has 0 heterocycles. The highest BCUT2D eigenvalue weighted by atomic mass is 16.5. The first-order valence-electron chi connectivity index (χ1n) is 7.09. The van der Waals surface area contributed by atoms with Crippen molar-refractivity contribution in [3.8, 4) is 11.5 Å². The lowest BCUT2D eigenvalue weighted by Crippen LogP contribution is -2.42. The first-order valence-corrected chi connectivity index (χ1v) is 7.09. The lowest BCUT2D eigenvalue weighted by atomic mass is 10.1. The Morgan fingerprint density at radius 3 is 2.90 bits per heavy atom. The van der Waals surface area contributed by atoms with Gasteiger partial charge in [-0.25, -0.2) is 0 Å². The second-order valence-electron chi connectivity index (χ2n) is 5.08. The van der Waals surface area contributed by atoms with Gasteiger partial charge < -0.3 is 20.5 Å². The quantitative estimate of drug-likeness (QED) is 0.707. The number of para-hydroxylation sites is 1. The Labute approximate surface area is 119 Å². The molecule has 20 heavy (non-hydrogen) atoms. The Morgan fingerprint density at radius 2 is 2.25 bits per heavy atom. The molecule has 0 spiro atoms. The number of benzene rings is 1. The fraction of sp³-hybridized carbons (Fsp3) is 0.533. The minimum absolute atomic E-state index is 0.00736. The Kier molecular flexibility index (Phi) is 4.84. The molecule has 1 atom stereocenters. The van der Waals surface area contributed by atoms with Crippen molar-refractivity contribution >= 4 is 5.91 Å². The van der Waals surface area contributed by atoms with Crippen LogP contribution in [0.15, 0.2) is 18.2 Å². The summed E-state index contributed by atoms with van der Waals surface area (Å²) in [6.07, 6.45) is 2.16. The zero-order valence-corrected chi connectivity index (χ0v) is 12.0. The molecule has 0 aromatic heterocycles. The molecule has 3 N–H and O–H groups in total. The predicted molar refractivity (Wildman–Crippen MR) is 76.7 cm³/mol. The number of aromatic hydroxyl groups is 1. The van der Waals surface area contributed by atoms with Crippen LogP contribution in [0.5, 0.6) is 11.5 Å². The summed E-state index contributed by atoms with van der Waals surface area (Å²) >= 11 is 0. The van der Waals surface area contributed by atoms with E-state index in [1.807, 2.05) is 26.0 Å². The number of rotatable bonds is 7. The smallest absolute Gasteiger partial charge is 0.237 e. The van der Waals surface area contributed by atoms with E-state index in [1.54, 1.807) is 6.07 Å². The van der Waals surface area contributed by atoms with Crippen LogP contribution in [0.3, 0.4) is 0 Å². The number of hydrogen-bond donors (Lipinski definition) is 3. The molecule has 1 aliphatic rings. The number of carbonyl (C=O) groups excluding carboxylic acids is 1. The minimum atomic E-state index is -0.286. The zero-order chi connectivity index (χ0) is 14.5. The molecule has 5 heteroatoms. The Balaban J connectivity index is 1.89. The highest BCUT2D eigenvalue weighted by Crippen LogP contribution is 2.29. The third-order valence-corrected chi connectivity index (χ3v) is 3.30. The van der Waals surface area contributed by atoms with Gasteiger partial charge in [-0.3, -0.25) is 4.79 Å². The average molecular weight is 278 g/mol. The fourth-order valence-corrected chi connectivity index (χ4v) is 1.89. The summed E-state index contributed by atoms with van der Waals surface area (Å²) in [5.41, 5.74) is 0.724. The van der Waals surface area contributed by atoms with Crippen LogP contribution in [-0.4, -0.2) is 29.7 Å². The van der Waals surface area contributed by atoms with Gasteiger partial charge in [-0.15, -0.1) is 0 Å². The van der Waals surface area contributed by atoms with Crippen LogP contribution in [0.4, 0.5) is 0 Å². The number of phenols is 1. The second-order valence-corrected chi connectivity index (χ2v) is 5.08. The molecule has 2 rings (SSSR count). The summed E-state index contributed by atoms with van der Waals surface area (Å²) in [4.78, 5) is 11.8. The molecule has 5 nitrogen and oxygen atoms in total. The van der Waals surface area contributed by atoms with Gasteiger partial charge in [-0.05, 0) is 32.8 Å². The molecule has 1 amide bonds. The molecular weight excluding hydrogens is 256 g/mol. The van der Waals surface area contributed by atoms with E-state index in [-0.39, 0.29) is 17.7 Å². The molecule has 1 aromatic rings. The Morgan fingerprint density at radius 1 is 1.50 bits per heavy atom. The summed E-state index contributed by atoms with van der Waals surface area (Å²) in [5.74, 6) is 0.617. The van der Waals surface area contributed by atoms with Crippen LogP contribution in [0.1, 0.15) is 32.3 Å². The number of ether oxygens (including phenoxy) is 1. The SMILES string of the molecule is CCOc1cccc(CNC(C)C(=O)NC2CC2)c1O. The summed E-state index contributed by atoms with van der Waals surface area (Å²) in [5, 5.41) is 16.1. The number of nitrogens with one attached hydrogen (secondary N) is 2. The maximum Gasteiger partial charge on any atom is 0.237 e. The van der Waals surface area contributed by atoms with E-state index in [2.05, 4.69) is 10.6 Å². The van der Waals surface area contributed by atoms with Gasteiger partial charge in [0.15, 0.2) is 11.5 Å². The summed E-state index contributed by atoms with van der Waals surface area (Å²) in [6.45, 7) is 4.62. The molecule has 0 aliphatic heterocycles. The van der Waals surface area contributed by atoms with Crippen molar-refractivity contribution in [1.82, 2.24) is 10.6 Å². The lowest BCUT2D eigenvalue weighted by Gasteiger charge is -2.15. The maximum atomic E-state index is 11.8. The fourth-order valence-electron chi connectivity index (χ4n) is 1.89. The van der Waals surface area contributed by atoms with Crippen LogP contribution < -0.4 is 15.4 Å². The van der Waals surface area contributed by atoms with Crippen molar-refractivity contribution in [3.05, 3.63) is 23.8 Å². The highest BCUT2D eigenvalue weighted by Gasteiger charge is 2.25. The number of carbonyl (C=O) groups is 1. The van der Waals surface area contributed by atoms with Crippen LogP contribution >= 0.6 is 0 Å². The minimum Gasteiger partial charge on any atom is -0.504 e. The molecule has 1 aromatic carbocycles. The molecule has 1 saturated carbocycles. The van der Waals surface area contributed by atoms with Crippen LogP contribution in [0.25, 0.3) is 0 Å². The molecule has 1 fully saturated rings. The topological polar surface area (TPSA) is 70.6 Å². The predicted octanol–water partition coefficient (Wildman–Crippen LogP) is 1.55. The standard InChI is InChI=1S/C15H22N2O3/c1-3-20-13-6-4-5-11(14(13)18)9-16-10(2)15(19)17-12-7-8-12/h4-6,10,12,16,18H,3,7-9H2,1-2H3,(H,17,19). The van der Waals surface area contributed by atoms with E-state index < -0.39 is 0 Å². The molecular formula is C15H22N2O3. The van der Waals surface area contributed by atoms with Gasteiger partial charge >= 0.3 is 0 Å². The van der Waals surface area contributed by atoms with E-state index in [1.165, 1.54) is 0 Å². The van der Waals surface area contributed by atoms with Gasteiger partial charge in [0.1, 0.15) is 0 Å². The monoisotopic (exact) mass is 278 g/mol. The highest BCUT2D eigenvalue weighted by molar-refractivity contribution is 5.81. The average Bonchev–Trinajstić information content (AvgIpc) is 3.23. The molecule has 1 unspecified atom stereocenters. The molecule has 0 radical (unpaired) electrons. The van der Waals surface area contributed by atoms with Crippen molar-refractivity contribution in [1.29, 1.82) is 0 Å². The zero-order valence-electron chi connectivity index (χ0n) is 12.0. The summed E-state index contributed by atoms with van der Waals surface area (Å²) in [7, 11) is 0. The first kappa shape index (κ1) is 14.7. The molecule has 0 bridgehead atoms. The maximum absolute atomic E-state index is 11.8. The molecule has 1 aliphatic carbocycles. The Bertz CT molecular complexity index is 472. The van der Waals surface area contributed by atoms with Crippen LogP contribution in [-0.2, 0) is 11.3 Å². The third kappa shape index (κ3) is 3.87. The number of amides is 1. The van der Waals surface area contributed by atoms with E-state index in [0.717, 1.165) is 18.4 Å². The summed E-state index contributed by atoms with van der Waals surface area (Å²) < 4.78 is 5.34. The van der Waals surface area contributed by atoms with Gasteiger partial charge in [0.25, 0.3) is 0 Å². The van der Waals surface area contributed by atoms with Gasteiger partial charge in [-0.2, -0.15) is 0 Å². The van der Waals surface area contributed by atoms with Crippen molar-refractivity contribution in [3.63, 3.8) is 0 Å². The van der Waals surface area contributed by atoms with E-state index >= 15 is 0 Å². The first-order chi connectivity index (χ1) is 9.61. The van der Waals surface area contributed by atoms with Gasteiger partial charge in [0.05, 0.1) is 12.6 Å². The van der Waals surface area contributed by atoms with Crippen LogP contribution in [0.2, 0.25) is 0 Å². The third-order valence-electron chi connectivity index (χ3n) is 3.30. The van der Waals surface area contributed by atoms with Crippen molar-refractivity contribution < 1.29 is 14.6 Å². The van der Waals surface area contributed by atoms with Crippen molar-refractivity contribution in [2.45, 2.75) is 45.3 Å². The molecule has 110 valence electrons.